The van der Waals surface area contributed by atoms with Crippen molar-refractivity contribution in [3.05, 3.63) is 40.2 Å². The van der Waals surface area contributed by atoms with Crippen LogP contribution in [0.2, 0.25) is 0 Å². The summed E-state index contributed by atoms with van der Waals surface area (Å²) in [5.41, 5.74) is 6.12. The van der Waals surface area contributed by atoms with E-state index in [1.165, 1.54) is 19.3 Å². The molecule has 0 aliphatic heterocycles. The number of hydrogen-bond donors (Lipinski definition) is 1. The Bertz CT molecular complexity index is 940. The van der Waals surface area contributed by atoms with E-state index >= 15 is 0 Å². The number of nitrogens with two attached hydrogens (primary N) is 1. The number of carbonyl (C=O) groups excluding carboxylic acids is 1. The number of hydrogen-bond acceptors (Lipinski definition) is 3. The third kappa shape index (κ3) is 2.09. The minimum absolute atomic E-state index is 0.0282. The topological polar surface area (TPSA) is 74.3 Å². The third-order valence-electron chi connectivity index (χ3n) is 6.99. The van der Waals surface area contributed by atoms with Crippen LogP contribution in [0, 0.1) is 17.8 Å². The highest BCUT2D eigenvalue weighted by atomic mass is 16.5. The van der Waals surface area contributed by atoms with Crippen LogP contribution in [0.15, 0.2) is 29.2 Å². The predicted molar refractivity (Wildman–Crippen MR) is 99.4 cm³/mol. The second-order valence-electron chi connectivity index (χ2n) is 8.60. The number of carbonyl (C=O) groups is 1. The SMILES string of the molecule is COc1cccc2c(=O)c(C(N)=O)cn(C34CC5CC(CC(C5)C3)C4)c12. The molecule has 1 aromatic heterocycles. The van der Waals surface area contributed by atoms with E-state index in [1.807, 2.05) is 6.07 Å². The van der Waals surface area contributed by atoms with Gasteiger partial charge >= 0.3 is 0 Å². The normalized spacial score (nSPS) is 32.1. The van der Waals surface area contributed by atoms with Crippen LogP contribution < -0.4 is 15.9 Å². The first-order valence-electron chi connectivity index (χ1n) is 9.53. The lowest BCUT2D eigenvalue weighted by atomic mass is 9.53. The minimum atomic E-state index is -0.654. The molecule has 2 aromatic rings. The van der Waals surface area contributed by atoms with Crippen molar-refractivity contribution in [3.63, 3.8) is 0 Å². The number of amides is 1. The lowest BCUT2D eigenvalue weighted by Crippen LogP contribution is -2.52. The maximum absolute atomic E-state index is 12.8. The van der Waals surface area contributed by atoms with Gasteiger partial charge in [0.15, 0.2) is 0 Å². The van der Waals surface area contributed by atoms with Crippen molar-refractivity contribution in [1.82, 2.24) is 4.57 Å². The summed E-state index contributed by atoms with van der Waals surface area (Å²) in [4.78, 5) is 24.8. The van der Waals surface area contributed by atoms with Crippen molar-refractivity contribution in [2.45, 2.75) is 44.1 Å². The Morgan fingerprint density at radius 1 is 1.15 bits per heavy atom. The van der Waals surface area contributed by atoms with Gasteiger partial charge in [-0.1, -0.05) is 6.07 Å². The molecule has 1 amide bonds. The van der Waals surface area contributed by atoms with Crippen LogP contribution in [0.25, 0.3) is 10.9 Å². The Morgan fingerprint density at radius 3 is 2.31 bits per heavy atom. The summed E-state index contributed by atoms with van der Waals surface area (Å²) in [7, 11) is 1.63. The molecule has 5 heteroatoms. The molecule has 4 aliphatic rings. The predicted octanol–water partition coefficient (Wildman–Crippen LogP) is 3.03. The number of aromatic nitrogens is 1. The van der Waals surface area contributed by atoms with E-state index in [9.17, 15) is 9.59 Å². The number of rotatable bonds is 3. The first-order valence-corrected chi connectivity index (χ1v) is 9.53. The summed E-state index contributed by atoms with van der Waals surface area (Å²) in [5, 5.41) is 0.524. The highest BCUT2D eigenvalue weighted by Crippen LogP contribution is 2.59. The van der Waals surface area contributed by atoms with Crippen LogP contribution >= 0.6 is 0 Å². The summed E-state index contributed by atoms with van der Waals surface area (Å²) in [6, 6.07) is 5.48. The van der Waals surface area contributed by atoms with Crippen LogP contribution in [-0.2, 0) is 5.54 Å². The van der Waals surface area contributed by atoms with E-state index in [-0.39, 0.29) is 16.5 Å². The maximum atomic E-state index is 12.8. The van der Waals surface area contributed by atoms with Crippen molar-refractivity contribution in [2.75, 3.05) is 7.11 Å². The van der Waals surface area contributed by atoms with Gasteiger partial charge in [-0.05, 0) is 68.4 Å². The van der Waals surface area contributed by atoms with Crippen LogP contribution in [0.4, 0.5) is 0 Å². The van der Waals surface area contributed by atoms with Crippen LogP contribution in [0.5, 0.6) is 5.75 Å². The minimum Gasteiger partial charge on any atom is -0.495 e. The molecule has 1 aromatic carbocycles. The van der Waals surface area contributed by atoms with Crippen molar-refractivity contribution in [1.29, 1.82) is 0 Å². The van der Waals surface area contributed by atoms with E-state index < -0.39 is 5.91 Å². The van der Waals surface area contributed by atoms with E-state index in [2.05, 4.69) is 4.57 Å². The van der Waals surface area contributed by atoms with Gasteiger partial charge in [0.2, 0.25) is 5.43 Å². The molecule has 2 N–H and O–H groups in total. The first kappa shape index (κ1) is 15.9. The van der Waals surface area contributed by atoms with Gasteiger partial charge < -0.3 is 15.0 Å². The van der Waals surface area contributed by atoms with Gasteiger partial charge in [0.25, 0.3) is 5.91 Å². The molecule has 0 radical (unpaired) electrons. The van der Waals surface area contributed by atoms with Crippen molar-refractivity contribution in [2.24, 2.45) is 23.5 Å². The Balaban J connectivity index is 1.83. The number of methoxy groups -OCH3 is 1. The zero-order valence-corrected chi connectivity index (χ0v) is 15.0. The molecule has 0 unspecified atom stereocenters. The van der Waals surface area contributed by atoms with Crippen LogP contribution in [0.1, 0.15) is 48.9 Å². The fraction of sp³-hybridized carbons (Fsp3) is 0.524. The number of pyridine rings is 1. The summed E-state index contributed by atoms with van der Waals surface area (Å²) in [6.07, 6.45) is 9.07. The number of benzene rings is 1. The Hall–Kier alpha value is -2.30. The molecule has 6 rings (SSSR count). The molecule has 0 spiro atoms. The average molecular weight is 352 g/mol. The van der Waals surface area contributed by atoms with Gasteiger partial charge in [0, 0.05) is 11.7 Å². The summed E-state index contributed by atoms with van der Waals surface area (Å²) in [5.74, 6) is 2.29. The molecule has 26 heavy (non-hydrogen) atoms. The number of ether oxygens (including phenoxy) is 1. The Morgan fingerprint density at radius 2 is 1.77 bits per heavy atom. The molecule has 136 valence electrons. The van der Waals surface area contributed by atoms with Gasteiger partial charge in [0.05, 0.1) is 18.0 Å². The lowest BCUT2D eigenvalue weighted by Gasteiger charge is -2.57. The summed E-state index contributed by atoms with van der Waals surface area (Å²) < 4.78 is 7.81. The highest BCUT2D eigenvalue weighted by Gasteiger charge is 2.52. The molecule has 5 nitrogen and oxygen atoms in total. The van der Waals surface area contributed by atoms with Crippen LogP contribution in [-0.4, -0.2) is 17.6 Å². The van der Waals surface area contributed by atoms with Crippen molar-refractivity contribution >= 4 is 16.8 Å². The smallest absolute Gasteiger partial charge is 0.254 e. The monoisotopic (exact) mass is 352 g/mol. The number of para-hydroxylation sites is 1. The third-order valence-corrected chi connectivity index (χ3v) is 6.99. The number of fused-ring (bicyclic) bond motifs is 1. The van der Waals surface area contributed by atoms with Gasteiger partial charge in [-0.15, -0.1) is 0 Å². The van der Waals surface area contributed by atoms with Gasteiger partial charge in [-0.25, -0.2) is 0 Å². The second kappa shape index (κ2) is 5.35. The fourth-order valence-electron chi connectivity index (χ4n) is 6.43. The fourth-order valence-corrected chi connectivity index (χ4v) is 6.43. The van der Waals surface area contributed by atoms with E-state index in [4.69, 9.17) is 10.5 Å². The Kier molecular flexibility index (Phi) is 3.27. The quantitative estimate of drug-likeness (QED) is 0.923. The number of nitrogens with zero attached hydrogens (tertiary/aromatic N) is 1. The largest absolute Gasteiger partial charge is 0.495 e. The van der Waals surface area contributed by atoms with E-state index in [1.54, 1.807) is 25.4 Å². The first-order chi connectivity index (χ1) is 12.5. The lowest BCUT2D eigenvalue weighted by molar-refractivity contribution is -0.0412. The molecule has 4 bridgehead atoms. The standard InChI is InChI=1S/C21H24N2O3/c1-26-17-4-2-3-15-18(17)23(11-16(19(15)24)20(22)25)21-8-12-5-13(9-21)7-14(6-12)10-21/h2-4,11-14H,5-10H2,1H3,(H2,22,25). The summed E-state index contributed by atoms with van der Waals surface area (Å²) in [6.45, 7) is 0. The zero-order valence-electron chi connectivity index (χ0n) is 15.0. The molecular formula is C21H24N2O3. The highest BCUT2D eigenvalue weighted by molar-refractivity contribution is 5.97. The summed E-state index contributed by atoms with van der Waals surface area (Å²) >= 11 is 0. The molecule has 4 fully saturated rings. The number of primary amides is 1. The molecular weight excluding hydrogens is 328 g/mol. The zero-order chi connectivity index (χ0) is 18.1. The van der Waals surface area contributed by atoms with Gasteiger partial charge in [0.1, 0.15) is 11.3 Å². The molecule has 4 aliphatic carbocycles. The molecule has 0 saturated heterocycles. The average Bonchev–Trinajstić information content (AvgIpc) is 2.60. The second-order valence-corrected chi connectivity index (χ2v) is 8.60. The maximum Gasteiger partial charge on any atom is 0.254 e. The van der Waals surface area contributed by atoms with Crippen molar-refractivity contribution < 1.29 is 9.53 Å². The van der Waals surface area contributed by atoms with Gasteiger partial charge in [-0.2, -0.15) is 0 Å². The van der Waals surface area contributed by atoms with E-state index in [0.717, 1.165) is 42.5 Å². The van der Waals surface area contributed by atoms with Gasteiger partial charge in [-0.3, -0.25) is 9.59 Å². The van der Waals surface area contributed by atoms with Crippen molar-refractivity contribution in [3.8, 4) is 5.75 Å². The van der Waals surface area contributed by atoms with E-state index in [0.29, 0.717) is 11.1 Å². The van der Waals surface area contributed by atoms with Crippen LogP contribution in [0.3, 0.4) is 0 Å². The Labute approximate surface area is 152 Å². The molecule has 1 heterocycles. The molecule has 0 atom stereocenters. The molecule has 4 saturated carbocycles.